The number of carbonyl (C=O) groups is 2. The molecule has 4 aromatic rings. The Bertz CT molecular complexity index is 1400. The van der Waals surface area contributed by atoms with Gasteiger partial charge in [0.25, 0.3) is 12.4 Å². The Balaban J connectivity index is 1.29. The molecule has 5 rings (SSSR count). The van der Waals surface area contributed by atoms with Gasteiger partial charge in [0.2, 0.25) is 0 Å². The van der Waals surface area contributed by atoms with Crippen molar-refractivity contribution in [1.82, 2.24) is 15.1 Å². The molecule has 1 fully saturated rings. The zero-order chi connectivity index (χ0) is 25.8. The lowest BCUT2D eigenvalue weighted by molar-refractivity contribution is -0.120. The van der Waals surface area contributed by atoms with Crippen molar-refractivity contribution >= 4 is 23.3 Å². The maximum absolute atomic E-state index is 12.9. The van der Waals surface area contributed by atoms with Gasteiger partial charge in [-0.15, -0.1) is 0 Å². The highest BCUT2D eigenvalue weighted by atomic mass is 16.5. The molecule has 0 unspecified atom stereocenters. The summed E-state index contributed by atoms with van der Waals surface area (Å²) in [5, 5.41) is 8.90. The number of aromatic nitrogens is 2. The molecule has 37 heavy (non-hydrogen) atoms. The normalized spacial score (nSPS) is 17.5. The first-order valence-electron chi connectivity index (χ1n) is 13.1. The van der Waals surface area contributed by atoms with Gasteiger partial charge in [0.15, 0.2) is 0 Å². The van der Waals surface area contributed by atoms with Crippen molar-refractivity contribution in [1.29, 1.82) is 0 Å². The minimum atomic E-state index is -0.0119. The Morgan fingerprint density at radius 3 is 2.57 bits per heavy atom. The summed E-state index contributed by atoms with van der Waals surface area (Å²) >= 11 is 0. The summed E-state index contributed by atoms with van der Waals surface area (Å²) in [4.78, 5) is 23.7. The van der Waals surface area contributed by atoms with Gasteiger partial charge in [-0.3, -0.25) is 14.3 Å². The summed E-state index contributed by atoms with van der Waals surface area (Å²) in [6.07, 6.45) is 4.92. The summed E-state index contributed by atoms with van der Waals surface area (Å²) in [5.74, 6) is 1.92. The van der Waals surface area contributed by atoms with Crippen LogP contribution in [0, 0.1) is 18.8 Å². The highest BCUT2D eigenvalue weighted by Gasteiger charge is 2.19. The summed E-state index contributed by atoms with van der Waals surface area (Å²) in [5.41, 5.74) is 5.53. The van der Waals surface area contributed by atoms with Gasteiger partial charge in [0.1, 0.15) is 5.75 Å². The molecule has 0 saturated heterocycles. The average molecular weight is 496 g/mol. The van der Waals surface area contributed by atoms with E-state index in [1.165, 1.54) is 25.7 Å². The summed E-state index contributed by atoms with van der Waals surface area (Å²) < 4.78 is 7.10. The number of para-hydroxylation sites is 1. The van der Waals surface area contributed by atoms with E-state index < -0.39 is 0 Å². The Kier molecular flexibility index (Phi) is 7.35. The topological polar surface area (TPSA) is 73.2 Å². The Morgan fingerprint density at radius 1 is 1.05 bits per heavy atom. The monoisotopic (exact) mass is 495 g/mol. The van der Waals surface area contributed by atoms with E-state index >= 15 is 0 Å². The second kappa shape index (κ2) is 11.0. The quantitative estimate of drug-likeness (QED) is 0.298. The van der Waals surface area contributed by atoms with Crippen LogP contribution in [0.1, 0.15) is 54.2 Å². The largest absolute Gasteiger partial charge is 0.428 e. The third kappa shape index (κ3) is 5.58. The number of fused-ring (bicyclic) bond motifs is 1. The summed E-state index contributed by atoms with van der Waals surface area (Å²) in [6, 6.07) is 21.5. The number of nitrogens with one attached hydrogen (secondary N) is 1. The minimum absolute atomic E-state index is 0.0119. The van der Waals surface area contributed by atoms with E-state index in [1.807, 2.05) is 60.1 Å². The maximum Gasteiger partial charge on any atom is 0.298 e. The van der Waals surface area contributed by atoms with Crippen molar-refractivity contribution in [3.8, 4) is 16.9 Å². The third-order valence-corrected chi connectivity index (χ3v) is 7.54. The van der Waals surface area contributed by atoms with Crippen LogP contribution in [-0.4, -0.2) is 28.7 Å². The number of nitrogens with zero attached hydrogens (tertiary/aromatic N) is 2. The van der Waals surface area contributed by atoms with E-state index in [9.17, 15) is 9.59 Å². The van der Waals surface area contributed by atoms with Gasteiger partial charge >= 0.3 is 0 Å². The van der Waals surface area contributed by atoms with E-state index in [0.717, 1.165) is 45.7 Å². The smallest absolute Gasteiger partial charge is 0.298 e. The number of hydrogen-bond acceptors (Lipinski definition) is 4. The fraction of sp³-hybridized carbons (Fsp3) is 0.323. The first kappa shape index (κ1) is 24.8. The number of amides is 1. The van der Waals surface area contributed by atoms with Crippen LogP contribution in [-0.2, 0) is 11.3 Å². The fourth-order valence-electron chi connectivity index (χ4n) is 5.30. The Labute approximate surface area is 217 Å². The molecule has 0 atom stereocenters. The molecule has 0 spiro atoms. The zero-order valence-electron chi connectivity index (χ0n) is 21.4. The van der Waals surface area contributed by atoms with Crippen molar-refractivity contribution in [2.24, 2.45) is 11.8 Å². The summed E-state index contributed by atoms with van der Waals surface area (Å²) in [6.45, 7) is 6.11. The molecule has 6 nitrogen and oxygen atoms in total. The molecule has 1 aromatic heterocycles. The lowest BCUT2D eigenvalue weighted by Gasteiger charge is -2.26. The maximum atomic E-state index is 12.9. The molecule has 1 saturated carbocycles. The number of hydrogen-bond donors (Lipinski definition) is 1. The first-order chi connectivity index (χ1) is 18.0. The van der Waals surface area contributed by atoms with Crippen LogP contribution in [0.25, 0.3) is 22.0 Å². The van der Waals surface area contributed by atoms with Crippen LogP contribution >= 0.6 is 0 Å². The SMILES string of the molecule is Cc1nn(Cc2ccc(-c3ccccc3OC=O)cc2)c2ccc(C(=O)NCC3CCC(C)CC3)cc12. The molecule has 1 aliphatic carbocycles. The lowest BCUT2D eigenvalue weighted by Crippen LogP contribution is -2.31. The van der Waals surface area contributed by atoms with Crippen LogP contribution < -0.4 is 10.1 Å². The second-order valence-corrected chi connectivity index (χ2v) is 10.2. The van der Waals surface area contributed by atoms with Crippen molar-refractivity contribution in [2.75, 3.05) is 6.54 Å². The van der Waals surface area contributed by atoms with Crippen molar-refractivity contribution in [3.05, 3.63) is 83.6 Å². The molecule has 1 N–H and O–H groups in total. The lowest BCUT2D eigenvalue weighted by atomic mass is 9.83. The number of rotatable bonds is 8. The van der Waals surface area contributed by atoms with Crippen LogP contribution in [0.3, 0.4) is 0 Å². The van der Waals surface area contributed by atoms with Gasteiger partial charge in [0, 0.05) is 23.1 Å². The fourth-order valence-corrected chi connectivity index (χ4v) is 5.30. The van der Waals surface area contributed by atoms with Crippen LogP contribution in [0.2, 0.25) is 0 Å². The zero-order valence-corrected chi connectivity index (χ0v) is 21.4. The highest BCUT2D eigenvalue weighted by molar-refractivity contribution is 5.98. The van der Waals surface area contributed by atoms with E-state index in [0.29, 0.717) is 30.2 Å². The van der Waals surface area contributed by atoms with Gasteiger partial charge in [-0.2, -0.15) is 5.10 Å². The predicted octanol–water partition coefficient (Wildman–Crippen LogP) is 6.15. The molecule has 1 heterocycles. The minimum Gasteiger partial charge on any atom is -0.428 e. The second-order valence-electron chi connectivity index (χ2n) is 10.2. The number of aryl methyl sites for hydroxylation is 1. The van der Waals surface area contributed by atoms with Gasteiger partial charge in [-0.1, -0.05) is 62.2 Å². The molecule has 0 aliphatic heterocycles. The molecule has 3 aromatic carbocycles. The van der Waals surface area contributed by atoms with Gasteiger partial charge < -0.3 is 10.1 Å². The van der Waals surface area contributed by atoms with E-state index in [2.05, 4.69) is 24.4 Å². The average Bonchev–Trinajstić information content (AvgIpc) is 3.23. The standard InChI is InChI=1S/C31H33N3O3/c1-21-7-9-23(10-8-21)18-32-31(36)26-15-16-29-28(17-26)22(2)33-34(29)19-24-11-13-25(14-12-24)27-5-3-4-6-30(27)37-20-35/h3-6,11-17,20-21,23H,7-10,18-19H2,1-2H3,(H,32,36). The van der Waals surface area contributed by atoms with Crippen LogP contribution in [0.5, 0.6) is 5.75 Å². The molecule has 1 amide bonds. The Morgan fingerprint density at radius 2 is 1.81 bits per heavy atom. The number of benzene rings is 3. The molecule has 190 valence electrons. The molecular weight excluding hydrogens is 462 g/mol. The van der Waals surface area contributed by atoms with Gasteiger partial charge in [-0.25, -0.2) is 0 Å². The van der Waals surface area contributed by atoms with Crippen molar-refractivity contribution in [3.63, 3.8) is 0 Å². The molecule has 1 aliphatic rings. The number of ether oxygens (including phenoxy) is 1. The highest BCUT2D eigenvalue weighted by Crippen LogP contribution is 2.30. The molecule has 6 heteroatoms. The predicted molar refractivity (Wildman–Crippen MR) is 146 cm³/mol. The third-order valence-electron chi connectivity index (χ3n) is 7.54. The van der Waals surface area contributed by atoms with Gasteiger partial charge in [0.05, 0.1) is 17.8 Å². The number of carbonyl (C=O) groups excluding carboxylic acids is 2. The van der Waals surface area contributed by atoms with Crippen LogP contribution in [0.4, 0.5) is 0 Å². The van der Waals surface area contributed by atoms with E-state index in [4.69, 9.17) is 9.84 Å². The van der Waals surface area contributed by atoms with E-state index in [-0.39, 0.29) is 5.91 Å². The van der Waals surface area contributed by atoms with E-state index in [1.54, 1.807) is 6.07 Å². The molecule has 0 bridgehead atoms. The van der Waals surface area contributed by atoms with Crippen LogP contribution in [0.15, 0.2) is 66.7 Å². The molecule has 0 radical (unpaired) electrons. The molecular formula is C31H33N3O3. The van der Waals surface area contributed by atoms with Crippen molar-refractivity contribution < 1.29 is 14.3 Å². The summed E-state index contributed by atoms with van der Waals surface area (Å²) in [7, 11) is 0. The van der Waals surface area contributed by atoms with Crippen molar-refractivity contribution in [2.45, 2.75) is 46.1 Å². The van der Waals surface area contributed by atoms with Gasteiger partial charge in [-0.05, 0) is 67.0 Å². The Hall–Kier alpha value is -3.93. The first-order valence-corrected chi connectivity index (χ1v) is 13.1.